The fourth-order valence-corrected chi connectivity index (χ4v) is 2.26. The van der Waals surface area contributed by atoms with Gasteiger partial charge in [0.15, 0.2) is 11.6 Å². The lowest BCUT2D eigenvalue weighted by atomic mass is 9.94. The van der Waals surface area contributed by atoms with E-state index in [0.717, 1.165) is 16.7 Å². The molecule has 0 aliphatic carbocycles. The predicted octanol–water partition coefficient (Wildman–Crippen LogP) is 3.29. The van der Waals surface area contributed by atoms with Gasteiger partial charge in [0, 0.05) is 5.56 Å². The molecular weight excluding hydrogens is 289 g/mol. The molecule has 3 rings (SSSR count). The minimum Gasteiger partial charge on any atom is -0.204 e. The van der Waals surface area contributed by atoms with Crippen LogP contribution in [0.4, 0.5) is 8.78 Å². The third kappa shape index (κ3) is 3.32. The molecule has 0 N–H and O–H groups in total. The maximum absolute atomic E-state index is 13.8. The standard InChI is InChI=1S/C20H13BF2/c21-18-13-12-17(19(22)20(18)23)11-8-14-6-9-16(10-7-14)15-4-2-1-3-5-15/h1-7,9-10,12-13H,21H2. The summed E-state index contributed by atoms with van der Waals surface area (Å²) in [5, 5.41) is 0. The molecule has 0 aromatic heterocycles. The molecule has 110 valence electrons. The Morgan fingerprint density at radius 1 is 0.652 bits per heavy atom. The van der Waals surface area contributed by atoms with Gasteiger partial charge in [-0.25, -0.2) is 8.78 Å². The predicted molar refractivity (Wildman–Crippen MR) is 92.4 cm³/mol. The van der Waals surface area contributed by atoms with E-state index in [-0.39, 0.29) is 11.0 Å². The minimum absolute atomic E-state index is 0.0697. The molecule has 0 spiro atoms. The average Bonchev–Trinajstić information content (AvgIpc) is 2.60. The van der Waals surface area contributed by atoms with Gasteiger partial charge in [0.1, 0.15) is 7.85 Å². The van der Waals surface area contributed by atoms with Gasteiger partial charge in [-0.15, -0.1) is 0 Å². The lowest BCUT2D eigenvalue weighted by Gasteiger charge is -2.01. The molecular formula is C20H13BF2. The Morgan fingerprint density at radius 2 is 1.30 bits per heavy atom. The highest BCUT2D eigenvalue weighted by atomic mass is 19.2. The zero-order valence-electron chi connectivity index (χ0n) is 12.6. The van der Waals surface area contributed by atoms with Crippen LogP contribution in [0.5, 0.6) is 0 Å². The monoisotopic (exact) mass is 302 g/mol. The molecule has 0 heterocycles. The van der Waals surface area contributed by atoms with Crippen molar-refractivity contribution in [3.05, 3.63) is 89.5 Å². The molecule has 0 saturated heterocycles. The van der Waals surface area contributed by atoms with Crippen molar-refractivity contribution >= 4 is 13.3 Å². The Morgan fingerprint density at radius 3 is 2.00 bits per heavy atom. The molecule has 0 unspecified atom stereocenters. The summed E-state index contributed by atoms with van der Waals surface area (Å²) >= 11 is 0. The molecule has 3 heteroatoms. The molecule has 3 aromatic carbocycles. The van der Waals surface area contributed by atoms with Crippen molar-refractivity contribution in [2.24, 2.45) is 0 Å². The first-order chi connectivity index (χ1) is 11.1. The van der Waals surface area contributed by atoms with Gasteiger partial charge >= 0.3 is 0 Å². The van der Waals surface area contributed by atoms with Crippen LogP contribution >= 0.6 is 0 Å². The molecule has 0 aliphatic heterocycles. The Labute approximate surface area is 135 Å². The summed E-state index contributed by atoms with van der Waals surface area (Å²) in [5.74, 6) is 3.83. The lowest BCUT2D eigenvalue weighted by molar-refractivity contribution is 0.512. The highest BCUT2D eigenvalue weighted by Gasteiger charge is 2.08. The highest BCUT2D eigenvalue weighted by Crippen LogP contribution is 2.19. The molecule has 0 atom stereocenters. The Kier molecular flexibility index (Phi) is 4.25. The van der Waals surface area contributed by atoms with E-state index in [0.29, 0.717) is 0 Å². The van der Waals surface area contributed by atoms with Crippen LogP contribution in [0.3, 0.4) is 0 Å². The van der Waals surface area contributed by atoms with Crippen molar-refractivity contribution in [3.63, 3.8) is 0 Å². The van der Waals surface area contributed by atoms with Crippen molar-refractivity contribution in [3.8, 4) is 23.0 Å². The Balaban J connectivity index is 1.87. The third-order valence-corrected chi connectivity index (χ3v) is 3.61. The van der Waals surface area contributed by atoms with E-state index in [1.807, 2.05) is 54.6 Å². The fourth-order valence-electron chi connectivity index (χ4n) is 2.26. The molecule has 0 radical (unpaired) electrons. The van der Waals surface area contributed by atoms with E-state index in [4.69, 9.17) is 0 Å². The number of hydrogen-bond acceptors (Lipinski definition) is 0. The second-order valence-electron chi connectivity index (χ2n) is 5.25. The summed E-state index contributed by atoms with van der Waals surface area (Å²) in [5.41, 5.74) is 3.31. The first kappa shape index (κ1) is 15.1. The van der Waals surface area contributed by atoms with Crippen LogP contribution in [0, 0.1) is 23.5 Å². The average molecular weight is 302 g/mol. The minimum atomic E-state index is -0.890. The largest absolute Gasteiger partial charge is 0.204 e. The zero-order chi connectivity index (χ0) is 16.2. The van der Waals surface area contributed by atoms with Crippen LogP contribution in [0.2, 0.25) is 0 Å². The van der Waals surface area contributed by atoms with Crippen molar-refractivity contribution in [2.75, 3.05) is 0 Å². The normalized spacial score (nSPS) is 10.0. The summed E-state index contributed by atoms with van der Waals surface area (Å²) < 4.78 is 27.3. The van der Waals surface area contributed by atoms with Crippen LogP contribution in [-0.4, -0.2) is 7.85 Å². The second kappa shape index (κ2) is 6.50. The molecule has 3 aromatic rings. The quantitative estimate of drug-likeness (QED) is 0.478. The first-order valence-corrected chi connectivity index (χ1v) is 7.27. The number of halogens is 2. The molecule has 0 bridgehead atoms. The Bertz CT molecular complexity index is 889. The summed E-state index contributed by atoms with van der Waals surface area (Å²) in [6.45, 7) is 0. The van der Waals surface area contributed by atoms with Gasteiger partial charge in [-0.1, -0.05) is 65.8 Å². The third-order valence-electron chi connectivity index (χ3n) is 3.61. The number of hydrogen-bond donors (Lipinski definition) is 0. The van der Waals surface area contributed by atoms with Crippen molar-refractivity contribution < 1.29 is 8.78 Å². The highest BCUT2D eigenvalue weighted by molar-refractivity contribution is 6.32. The summed E-state index contributed by atoms with van der Waals surface area (Å²) in [4.78, 5) is 0. The van der Waals surface area contributed by atoms with Crippen LogP contribution in [-0.2, 0) is 0 Å². The van der Waals surface area contributed by atoms with E-state index in [2.05, 4.69) is 11.8 Å². The van der Waals surface area contributed by atoms with Gasteiger partial charge in [0.2, 0.25) is 0 Å². The molecule has 0 amide bonds. The van der Waals surface area contributed by atoms with Crippen LogP contribution < -0.4 is 5.46 Å². The van der Waals surface area contributed by atoms with Gasteiger partial charge < -0.3 is 0 Å². The van der Waals surface area contributed by atoms with E-state index >= 15 is 0 Å². The van der Waals surface area contributed by atoms with Gasteiger partial charge in [0.25, 0.3) is 0 Å². The maximum Gasteiger partial charge on any atom is 0.173 e. The fraction of sp³-hybridized carbons (Fsp3) is 0. The van der Waals surface area contributed by atoms with E-state index in [9.17, 15) is 8.78 Å². The molecule has 23 heavy (non-hydrogen) atoms. The number of benzene rings is 3. The van der Waals surface area contributed by atoms with Crippen LogP contribution in [0.1, 0.15) is 11.1 Å². The summed E-state index contributed by atoms with van der Waals surface area (Å²) in [7, 11) is 1.53. The van der Waals surface area contributed by atoms with E-state index < -0.39 is 11.6 Å². The molecule has 0 saturated carbocycles. The SMILES string of the molecule is Bc1ccc(C#Cc2ccc(-c3ccccc3)cc2)c(F)c1F. The number of rotatable bonds is 1. The van der Waals surface area contributed by atoms with Gasteiger partial charge in [0.05, 0.1) is 5.56 Å². The van der Waals surface area contributed by atoms with E-state index in [1.54, 1.807) is 0 Å². The smallest absolute Gasteiger partial charge is 0.173 e. The maximum atomic E-state index is 13.8. The van der Waals surface area contributed by atoms with Gasteiger partial charge in [-0.2, -0.15) is 0 Å². The van der Waals surface area contributed by atoms with Crippen molar-refractivity contribution in [1.29, 1.82) is 0 Å². The molecule has 0 nitrogen and oxygen atoms in total. The van der Waals surface area contributed by atoms with Crippen LogP contribution in [0.25, 0.3) is 11.1 Å². The lowest BCUT2D eigenvalue weighted by Crippen LogP contribution is -2.11. The first-order valence-electron chi connectivity index (χ1n) is 7.27. The van der Waals surface area contributed by atoms with Crippen molar-refractivity contribution in [1.82, 2.24) is 0 Å². The zero-order valence-corrected chi connectivity index (χ0v) is 12.6. The summed E-state index contributed by atoms with van der Waals surface area (Å²) in [6.07, 6.45) is 0. The molecule has 0 fully saturated rings. The topological polar surface area (TPSA) is 0 Å². The molecule has 0 aliphatic rings. The van der Waals surface area contributed by atoms with E-state index in [1.165, 1.54) is 20.0 Å². The van der Waals surface area contributed by atoms with Gasteiger partial charge in [-0.3, -0.25) is 0 Å². The van der Waals surface area contributed by atoms with Crippen molar-refractivity contribution in [2.45, 2.75) is 0 Å². The van der Waals surface area contributed by atoms with Crippen LogP contribution in [0.15, 0.2) is 66.7 Å². The second-order valence-corrected chi connectivity index (χ2v) is 5.25. The van der Waals surface area contributed by atoms with Gasteiger partial charge in [-0.05, 0) is 29.3 Å². The Hall–Kier alpha value is -2.86. The summed E-state index contributed by atoms with van der Waals surface area (Å²) in [6, 6.07) is 20.7.